The highest BCUT2D eigenvalue weighted by Gasteiger charge is 2.38. The zero-order chi connectivity index (χ0) is 15.8. The summed E-state index contributed by atoms with van der Waals surface area (Å²) in [6.07, 6.45) is -3.37. The van der Waals surface area contributed by atoms with Gasteiger partial charge in [-0.1, -0.05) is 6.08 Å². The molecule has 0 bridgehead atoms. The van der Waals surface area contributed by atoms with Crippen molar-refractivity contribution >= 4 is 16.0 Å². The van der Waals surface area contributed by atoms with Gasteiger partial charge in [0.05, 0.1) is 6.20 Å². The number of H-pyrrole nitrogens is 1. The molecule has 1 aromatic rings. The van der Waals surface area contributed by atoms with Gasteiger partial charge in [-0.2, -0.15) is 22.6 Å². The number of hydrogen-bond acceptors (Lipinski definition) is 4. The number of carbonyl (C=O) groups is 1. The third kappa shape index (κ3) is 2.93. The molecule has 0 radical (unpaired) electrons. The summed E-state index contributed by atoms with van der Waals surface area (Å²) < 4.78 is 62.6. The van der Waals surface area contributed by atoms with E-state index in [1.165, 1.54) is 0 Å². The van der Waals surface area contributed by atoms with Crippen molar-refractivity contribution in [3.63, 3.8) is 0 Å². The molecule has 1 aromatic heterocycles. The van der Waals surface area contributed by atoms with Crippen LogP contribution < -0.4 is 0 Å². The van der Waals surface area contributed by atoms with Crippen LogP contribution in [0.25, 0.3) is 0 Å². The van der Waals surface area contributed by atoms with Crippen LogP contribution in [0.15, 0.2) is 22.9 Å². The summed E-state index contributed by atoms with van der Waals surface area (Å²) in [5, 5.41) is 13.6. The predicted octanol–water partition coefficient (Wildman–Crippen LogP) is 0.991. The first-order valence-corrected chi connectivity index (χ1v) is 7.11. The van der Waals surface area contributed by atoms with Crippen LogP contribution in [0.2, 0.25) is 0 Å². The summed E-state index contributed by atoms with van der Waals surface area (Å²) in [6.45, 7) is -0.860. The summed E-state index contributed by atoms with van der Waals surface area (Å²) in [5.74, 6) is -1.49. The number of carboxylic acid groups (broad SMARTS) is 1. The summed E-state index contributed by atoms with van der Waals surface area (Å²) >= 11 is 0. The minimum Gasteiger partial charge on any atom is -0.478 e. The second kappa shape index (κ2) is 5.15. The molecule has 1 aliphatic heterocycles. The Morgan fingerprint density at radius 1 is 1.43 bits per heavy atom. The number of aromatic nitrogens is 2. The molecule has 2 heterocycles. The van der Waals surface area contributed by atoms with E-state index in [4.69, 9.17) is 5.11 Å². The third-order valence-electron chi connectivity index (χ3n) is 2.97. The van der Waals surface area contributed by atoms with E-state index < -0.39 is 51.3 Å². The number of sulfonamides is 1. The maximum atomic E-state index is 12.5. The molecule has 21 heavy (non-hydrogen) atoms. The van der Waals surface area contributed by atoms with Gasteiger partial charge in [-0.05, 0) is 6.42 Å². The van der Waals surface area contributed by atoms with Crippen LogP contribution in [-0.2, 0) is 10.0 Å². The van der Waals surface area contributed by atoms with Crippen molar-refractivity contribution in [2.75, 3.05) is 13.1 Å². The average Bonchev–Trinajstić information content (AvgIpc) is 2.88. The number of nitrogens with one attached hydrogen (secondary N) is 1. The lowest BCUT2D eigenvalue weighted by molar-refractivity contribution is -0.0953. The van der Waals surface area contributed by atoms with Gasteiger partial charge in [0, 0.05) is 18.7 Å². The van der Waals surface area contributed by atoms with Crippen LogP contribution in [0.3, 0.4) is 0 Å². The Bertz CT molecular complexity index is 693. The van der Waals surface area contributed by atoms with Gasteiger partial charge in [-0.25, -0.2) is 13.2 Å². The van der Waals surface area contributed by atoms with Crippen molar-refractivity contribution in [3.05, 3.63) is 23.4 Å². The minimum absolute atomic E-state index is 0.383. The summed E-state index contributed by atoms with van der Waals surface area (Å²) in [5.41, 5.74) is -1.35. The largest absolute Gasteiger partial charge is 0.478 e. The van der Waals surface area contributed by atoms with Gasteiger partial charge in [0.15, 0.2) is 5.03 Å². The zero-order valence-electron chi connectivity index (χ0n) is 10.4. The van der Waals surface area contributed by atoms with Gasteiger partial charge < -0.3 is 5.11 Å². The lowest BCUT2D eigenvalue weighted by Gasteiger charge is -2.26. The highest BCUT2D eigenvalue weighted by molar-refractivity contribution is 7.89. The number of rotatable bonds is 3. The van der Waals surface area contributed by atoms with E-state index in [1.54, 1.807) is 0 Å². The van der Waals surface area contributed by atoms with Crippen molar-refractivity contribution in [1.82, 2.24) is 14.5 Å². The number of nitrogens with zero attached hydrogens (tertiary/aromatic N) is 2. The van der Waals surface area contributed by atoms with Crippen LogP contribution in [0, 0.1) is 0 Å². The maximum Gasteiger partial charge on any atom is 0.412 e. The fourth-order valence-corrected chi connectivity index (χ4v) is 3.33. The molecule has 0 spiro atoms. The van der Waals surface area contributed by atoms with E-state index in [2.05, 4.69) is 10.2 Å². The van der Waals surface area contributed by atoms with Gasteiger partial charge in [0.2, 0.25) is 0 Å². The molecule has 2 N–H and O–H groups in total. The maximum absolute atomic E-state index is 12.5. The molecule has 0 amide bonds. The molecule has 1 aliphatic rings. The van der Waals surface area contributed by atoms with Crippen molar-refractivity contribution in [2.45, 2.75) is 17.6 Å². The molecule has 7 nitrogen and oxygen atoms in total. The number of aromatic amines is 1. The van der Waals surface area contributed by atoms with E-state index in [9.17, 15) is 26.4 Å². The molecule has 0 saturated heterocycles. The fourth-order valence-electron chi connectivity index (χ4n) is 1.88. The molecule has 0 saturated carbocycles. The quantitative estimate of drug-likeness (QED) is 0.807. The molecular formula is C10H10F3N3O4S. The number of halogens is 3. The molecule has 11 heteroatoms. The predicted molar refractivity (Wildman–Crippen MR) is 63.1 cm³/mol. The SMILES string of the molecule is O=C(O)c1cn[nH]c1S(=O)(=O)N1CC=C(C(F)(F)F)CC1. The highest BCUT2D eigenvalue weighted by atomic mass is 32.2. The Morgan fingerprint density at radius 3 is 2.57 bits per heavy atom. The average molecular weight is 325 g/mol. The minimum atomic E-state index is -4.49. The Morgan fingerprint density at radius 2 is 2.10 bits per heavy atom. The van der Waals surface area contributed by atoms with Gasteiger partial charge in [-0.15, -0.1) is 0 Å². The Balaban J connectivity index is 2.29. The molecule has 0 fully saturated rings. The second-order valence-corrected chi connectivity index (χ2v) is 6.13. The smallest absolute Gasteiger partial charge is 0.412 e. The Kier molecular flexibility index (Phi) is 3.80. The van der Waals surface area contributed by atoms with Gasteiger partial charge >= 0.3 is 12.1 Å². The number of carboxylic acids is 1. The first-order chi connectivity index (χ1) is 9.64. The summed E-state index contributed by atoms with van der Waals surface area (Å²) in [7, 11) is -4.24. The van der Waals surface area contributed by atoms with Crippen LogP contribution in [0.5, 0.6) is 0 Å². The second-order valence-electron chi connectivity index (χ2n) is 4.26. The standard InChI is InChI=1S/C10H10F3N3O4S/c11-10(12,13)6-1-3-16(4-2-6)21(19,20)8-7(9(17)18)5-14-15-8/h1,5H,2-4H2,(H,14,15)(H,17,18). The van der Waals surface area contributed by atoms with E-state index in [-0.39, 0.29) is 6.54 Å². The van der Waals surface area contributed by atoms with Crippen molar-refractivity contribution < 1.29 is 31.5 Å². The van der Waals surface area contributed by atoms with E-state index in [0.29, 0.717) is 0 Å². The van der Waals surface area contributed by atoms with Gasteiger partial charge in [0.25, 0.3) is 10.0 Å². The fraction of sp³-hybridized carbons (Fsp3) is 0.400. The first-order valence-electron chi connectivity index (χ1n) is 5.67. The molecule has 2 rings (SSSR count). The van der Waals surface area contributed by atoms with Crippen LogP contribution >= 0.6 is 0 Å². The van der Waals surface area contributed by atoms with E-state index >= 15 is 0 Å². The summed E-state index contributed by atoms with van der Waals surface area (Å²) in [6, 6.07) is 0. The van der Waals surface area contributed by atoms with Crippen molar-refractivity contribution in [3.8, 4) is 0 Å². The first kappa shape index (κ1) is 15.5. The van der Waals surface area contributed by atoms with Gasteiger partial charge in [-0.3, -0.25) is 5.10 Å². The lowest BCUT2D eigenvalue weighted by atomic mass is 10.1. The van der Waals surface area contributed by atoms with Crippen LogP contribution in [0.4, 0.5) is 13.2 Å². The Hall–Kier alpha value is -1.88. The number of hydrogen-bond donors (Lipinski definition) is 2. The summed E-state index contributed by atoms with van der Waals surface area (Å²) in [4.78, 5) is 10.9. The van der Waals surface area contributed by atoms with Crippen LogP contribution in [-0.4, -0.2) is 53.3 Å². The van der Waals surface area contributed by atoms with Crippen LogP contribution in [0.1, 0.15) is 16.8 Å². The highest BCUT2D eigenvalue weighted by Crippen LogP contribution is 2.31. The topological polar surface area (TPSA) is 103 Å². The van der Waals surface area contributed by atoms with E-state index in [1.807, 2.05) is 0 Å². The van der Waals surface area contributed by atoms with Gasteiger partial charge in [0.1, 0.15) is 5.56 Å². The molecule has 0 aromatic carbocycles. The Labute approximate surface area is 117 Å². The number of alkyl halides is 3. The molecule has 0 aliphatic carbocycles. The molecule has 0 atom stereocenters. The van der Waals surface area contributed by atoms with Crippen molar-refractivity contribution in [1.29, 1.82) is 0 Å². The monoisotopic (exact) mass is 325 g/mol. The molecule has 116 valence electrons. The zero-order valence-corrected chi connectivity index (χ0v) is 11.2. The lowest BCUT2D eigenvalue weighted by Crippen LogP contribution is -2.37. The van der Waals surface area contributed by atoms with Crippen molar-refractivity contribution in [2.24, 2.45) is 0 Å². The molecular weight excluding hydrogens is 315 g/mol. The van der Waals surface area contributed by atoms with E-state index in [0.717, 1.165) is 16.6 Å². The molecule has 0 unspecified atom stereocenters. The number of aromatic carboxylic acids is 1. The third-order valence-corrected chi connectivity index (χ3v) is 4.81. The normalized spacial score (nSPS) is 17.6.